The summed E-state index contributed by atoms with van der Waals surface area (Å²) in [6, 6.07) is 20.8. The standard InChI is InChI=1S/C28H28N2O3/c1-5-20-11-14-23(15-12-20)30-27(31)25(21-13-10-18(3)19(4)16-21)26(28(30)32)29-22-8-7-9-24(17-22)33-6-2/h7-17,29H,5-6H2,1-4H3. The number of aryl methyl sites for hydroxylation is 3. The average Bonchev–Trinajstić information content (AvgIpc) is 3.05. The molecule has 2 amide bonds. The summed E-state index contributed by atoms with van der Waals surface area (Å²) < 4.78 is 5.59. The third-order valence-electron chi connectivity index (χ3n) is 5.90. The number of amides is 2. The predicted molar refractivity (Wildman–Crippen MR) is 132 cm³/mol. The monoisotopic (exact) mass is 440 g/mol. The first-order valence-electron chi connectivity index (χ1n) is 11.2. The normalized spacial score (nSPS) is 13.6. The van der Waals surface area contributed by atoms with E-state index in [9.17, 15) is 9.59 Å². The van der Waals surface area contributed by atoms with E-state index in [0.29, 0.717) is 34.9 Å². The Labute approximate surface area is 194 Å². The maximum atomic E-state index is 13.6. The van der Waals surface area contributed by atoms with Crippen molar-refractivity contribution in [3.8, 4) is 5.75 Å². The van der Waals surface area contributed by atoms with Gasteiger partial charge < -0.3 is 10.1 Å². The van der Waals surface area contributed by atoms with E-state index < -0.39 is 0 Å². The number of hydrogen-bond donors (Lipinski definition) is 1. The van der Waals surface area contributed by atoms with Crippen LogP contribution in [0.25, 0.3) is 5.57 Å². The Bertz CT molecular complexity index is 1240. The highest BCUT2D eigenvalue weighted by atomic mass is 16.5. The molecular formula is C28H28N2O3. The van der Waals surface area contributed by atoms with Crippen LogP contribution in [0.5, 0.6) is 5.75 Å². The van der Waals surface area contributed by atoms with Crippen molar-refractivity contribution in [3.63, 3.8) is 0 Å². The van der Waals surface area contributed by atoms with Crippen LogP contribution in [0.4, 0.5) is 11.4 Å². The Balaban J connectivity index is 1.80. The maximum absolute atomic E-state index is 13.6. The second-order valence-corrected chi connectivity index (χ2v) is 8.10. The van der Waals surface area contributed by atoms with Crippen LogP contribution in [0, 0.1) is 13.8 Å². The molecule has 3 aromatic carbocycles. The molecule has 4 rings (SSSR count). The molecule has 0 spiro atoms. The number of nitrogens with one attached hydrogen (secondary N) is 1. The van der Waals surface area contributed by atoms with Gasteiger partial charge in [0.05, 0.1) is 17.9 Å². The topological polar surface area (TPSA) is 58.6 Å². The van der Waals surface area contributed by atoms with Gasteiger partial charge in [0.1, 0.15) is 11.4 Å². The van der Waals surface area contributed by atoms with Gasteiger partial charge in [0, 0.05) is 11.8 Å². The molecule has 1 N–H and O–H groups in total. The van der Waals surface area contributed by atoms with Crippen molar-refractivity contribution >= 4 is 28.8 Å². The van der Waals surface area contributed by atoms with E-state index in [1.807, 2.05) is 87.5 Å². The molecule has 0 bridgehead atoms. The van der Waals surface area contributed by atoms with E-state index in [2.05, 4.69) is 12.2 Å². The fourth-order valence-electron chi connectivity index (χ4n) is 3.90. The second kappa shape index (κ2) is 9.33. The van der Waals surface area contributed by atoms with Gasteiger partial charge in [0.2, 0.25) is 0 Å². The fraction of sp³-hybridized carbons (Fsp3) is 0.214. The Morgan fingerprint density at radius 1 is 0.848 bits per heavy atom. The zero-order valence-electron chi connectivity index (χ0n) is 19.4. The van der Waals surface area contributed by atoms with E-state index in [0.717, 1.165) is 23.1 Å². The highest BCUT2D eigenvalue weighted by Gasteiger charge is 2.40. The molecule has 5 heteroatoms. The minimum absolute atomic E-state index is 0.261. The zero-order chi connectivity index (χ0) is 23.5. The van der Waals surface area contributed by atoms with E-state index >= 15 is 0 Å². The molecule has 0 radical (unpaired) electrons. The summed E-state index contributed by atoms with van der Waals surface area (Å²) in [7, 11) is 0. The first kappa shape index (κ1) is 22.3. The van der Waals surface area contributed by atoms with Crippen molar-refractivity contribution in [2.24, 2.45) is 0 Å². The number of carbonyl (C=O) groups excluding carboxylic acids is 2. The first-order chi connectivity index (χ1) is 15.9. The summed E-state index contributed by atoms with van der Waals surface area (Å²) in [6.45, 7) is 8.55. The average molecular weight is 441 g/mol. The van der Waals surface area contributed by atoms with Gasteiger partial charge in [-0.25, -0.2) is 4.90 Å². The molecule has 0 saturated heterocycles. The molecule has 33 heavy (non-hydrogen) atoms. The van der Waals surface area contributed by atoms with Gasteiger partial charge >= 0.3 is 0 Å². The smallest absolute Gasteiger partial charge is 0.282 e. The zero-order valence-corrected chi connectivity index (χ0v) is 19.4. The van der Waals surface area contributed by atoms with Crippen molar-refractivity contribution < 1.29 is 14.3 Å². The number of benzene rings is 3. The van der Waals surface area contributed by atoms with Crippen molar-refractivity contribution in [1.82, 2.24) is 0 Å². The second-order valence-electron chi connectivity index (χ2n) is 8.10. The number of hydrogen-bond acceptors (Lipinski definition) is 4. The quantitative estimate of drug-likeness (QED) is 0.482. The Kier molecular flexibility index (Phi) is 6.31. The Morgan fingerprint density at radius 3 is 2.27 bits per heavy atom. The first-order valence-corrected chi connectivity index (χ1v) is 11.2. The highest BCUT2D eigenvalue weighted by molar-refractivity contribution is 6.46. The largest absolute Gasteiger partial charge is 0.494 e. The molecule has 1 aliphatic heterocycles. The van der Waals surface area contributed by atoms with Gasteiger partial charge in [0.25, 0.3) is 11.8 Å². The van der Waals surface area contributed by atoms with Crippen LogP contribution < -0.4 is 15.0 Å². The van der Waals surface area contributed by atoms with Gasteiger partial charge in [-0.2, -0.15) is 0 Å². The molecule has 0 saturated carbocycles. The van der Waals surface area contributed by atoms with E-state index in [1.54, 1.807) is 0 Å². The summed E-state index contributed by atoms with van der Waals surface area (Å²) in [6.07, 6.45) is 0.886. The van der Waals surface area contributed by atoms with Gasteiger partial charge in [0.15, 0.2) is 0 Å². The summed E-state index contributed by atoms with van der Waals surface area (Å²) in [5.41, 5.74) is 5.91. The Hall–Kier alpha value is -3.86. The fourth-order valence-corrected chi connectivity index (χ4v) is 3.90. The molecule has 0 aliphatic carbocycles. The predicted octanol–water partition coefficient (Wildman–Crippen LogP) is 5.66. The minimum Gasteiger partial charge on any atom is -0.494 e. The lowest BCUT2D eigenvalue weighted by Gasteiger charge is -2.16. The number of imide groups is 1. The summed E-state index contributed by atoms with van der Waals surface area (Å²) in [5.74, 6) is -0.0186. The van der Waals surface area contributed by atoms with Crippen LogP contribution >= 0.6 is 0 Å². The van der Waals surface area contributed by atoms with Crippen LogP contribution in [0.2, 0.25) is 0 Å². The molecule has 0 fully saturated rings. The summed E-state index contributed by atoms with van der Waals surface area (Å²) in [5, 5.41) is 3.21. The lowest BCUT2D eigenvalue weighted by Crippen LogP contribution is -2.32. The number of rotatable bonds is 7. The molecule has 0 unspecified atom stereocenters. The highest BCUT2D eigenvalue weighted by Crippen LogP contribution is 2.35. The molecule has 5 nitrogen and oxygen atoms in total. The third-order valence-corrected chi connectivity index (χ3v) is 5.90. The number of anilines is 2. The summed E-state index contributed by atoms with van der Waals surface area (Å²) in [4.78, 5) is 28.4. The third kappa shape index (κ3) is 4.40. The van der Waals surface area contributed by atoms with E-state index in [-0.39, 0.29) is 17.5 Å². The van der Waals surface area contributed by atoms with Gasteiger partial charge in [-0.05, 0) is 73.7 Å². The van der Waals surface area contributed by atoms with Crippen LogP contribution in [-0.2, 0) is 16.0 Å². The molecule has 0 atom stereocenters. The van der Waals surface area contributed by atoms with E-state index in [1.165, 1.54) is 4.90 Å². The minimum atomic E-state index is -0.376. The van der Waals surface area contributed by atoms with Crippen molar-refractivity contribution in [3.05, 3.63) is 94.7 Å². The van der Waals surface area contributed by atoms with Crippen molar-refractivity contribution in [2.45, 2.75) is 34.1 Å². The van der Waals surface area contributed by atoms with Gasteiger partial charge in [-0.15, -0.1) is 0 Å². The summed E-state index contributed by atoms with van der Waals surface area (Å²) >= 11 is 0. The van der Waals surface area contributed by atoms with Crippen molar-refractivity contribution in [1.29, 1.82) is 0 Å². The number of ether oxygens (including phenoxy) is 1. The van der Waals surface area contributed by atoms with E-state index in [4.69, 9.17) is 4.74 Å². The van der Waals surface area contributed by atoms with Crippen LogP contribution in [0.15, 0.2) is 72.4 Å². The van der Waals surface area contributed by atoms with Gasteiger partial charge in [-0.3, -0.25) is 9.59 Å². The van der Waals surface area contributed by atoms with Crippen LogP contribution in [0.1, 0.15) is 36.1 Å². The molecule has 168 valence electrons. The van der Waals surface area contributed by atoms with Crippen LogP contribution in [0.3, 0.4) is 0 Å². The van der Waals surface area contributed by atoms with Gasteiger partial charge in [-0.1, -0.05) is 43.3 Å². The Morgan fingerprint density at radius 2 is 1.61 bits per heavy atom. The molecule has 0 aromatic heterocycles. The number of carbonyl (C=O) groups is 2. The molecule has 3 aromatic rings. The molecule has 1 heterocycles. The lowest BCUT2D eigenvalue weighted by atomic mass is 9.99. The maximum Gasteiger partial charge on any atom is 0.282 e. The number of nitrogens with zero attached hydrogens (tertiary/aromatic N) is 1. The van der Waals surface area contributed by atoms with Crippen LogP contribution in [-0.4, -0.2) is 18.4 Å². The molecule has 1 aliphatic rings. The van der Waals surface area contributed by atoms with Crippen molar-refractivity contribution in [2.75, 3.05) is 16.8 Å². The SMILES string of the molecule is CCOc1cccc(NC2=C(c3ccc(C)c(C)c3)C(=O)N(c3ccc(CC)cc3)C2=O)c1. The molecular weight excluding hydrogens is 412 g/mol. The lowest BCUT2D eigenvalue weighted by molar-refractivity contribution is -0.120.